The van der Waals surface area contributed by atoms with E-state index in [0.717, 1.165) is 25.1 Å². The molecule has 0 spiro atoms. The van der Waals surface area contributed by atoms with Crippen molar-refractivity contribution in [3.8, 4) is 5.75 Å². The largest absolute Gasteiger partial charge is 0.508 e. The predicted octanol–water partition coefficient (Wildman–Crippen LogP) is 2.92. The Hall–Kier alpha value is -1.06. The fourth-order valence-electron chi connectivity index (χ4n) is 2.84. The first-order valence-electron chi connectivity index (χ1n) is 7.55. The molecule has 1 aliphatic rings. The fraction of sp³-hybridized carbons (Fsp3) is 0.625. The molecule has 1 aromatic rings. The maximum absolute atomic E-state index is 9.91. The third-order valence-corrected chi connectivity index (χ3v) is 3.99. The summed E-state index contributed by atoms with van der Waals surface area (Å²) in [7, 11) is 0. The van der Waals surface area contributed by atoms with Crippen LogP contribution in [0.5, 0.6) is 5.75 Å². The van der Waals surface area contributed by atoms with E-state index in [0.29, 0.717) is 5.75 Å². The Labute approximate surface area is 116 Å². The highest BCUT2D eigenvalue weighted by Gasteiger charge is 2.14. The zero-order valence-electron chi connectivity index (χ0n) is 11.9. The van der Waals surface area contributed by atoms with Crippen LogP contribution in [0, 0.1) is 0 Å². The Morgan fingerprint density at radius 3 is 2.63 bits per heavy atom. The van der Waals surface area contributed by atoms with E-state index in [1.165, 1.54) is 32.4 Å². The molecule has 3 nitrogen and oxygen atoms in total. The molecule has 1 fully saturated rings. The van der Waals surface area contributed by atoms with Crippen LogP contribution in [0.25, 0.3) is 0 Å². The van der Waals surface area contributed by atoms with E-state index in [4.69, 9.17) is 0 Å². The van der Waals surface area contributed by atoms with Crippen LogP contribution in [0.4, 0.5) is 0 Å². The number of phenols is 1. The molecule has 1 aromatic carbocycles. The summed E-state index contributed by atoms with van der Waals surface area (Å²) >= 11 is 0. The Bertz CT molecular complexity index is 375. The molecule has 0 radical (unpaired) electrons. The van der Waals surface area contributed by atoms with Crippen LogP contribution in [-0.2, 0) is 0 Å². The number of nitrogens with one attached hydrogen (secondary N) is 1. The van der Waals surface area contributed by atoms with Gasteiger partial charge in [-0.15, -0.1) is 0 Å². The highest BCUT2D eigenvalue weighted by Crippen LogP contribution is 2.25. The fourth-order valence-corrected chi connectivity index (χ4v) is 2.84. The Morgan fingerprint density at radius 1 is 1.21 bits per heavy atom. The molecule has 1 unspecified atom stereocenters. The van der Waals surface area contributed by atoms with Gasteiger partial charge in [0.25, 0.3) is 0 Å². The van der Waals surface area contributed by atoms with E-state index < -0.39 is 0 Å². The second-order valence-corrected chi connectivity index (χ2v) is 5.38. The van der Waals surface area contributed by atoms with Crippen LogP contribution in [0.15, 0.2) is 24.3 Å². The van der Waals surface area contributed by atoms with Crippen LogP contribution < -0.4 is 5.32 Å². The normalized spacial score (nSPS) is 18.4. The predicted molar refractivity (Wildman–Crippen MR) is 79.4 cm³/mol. The molecule has 0 saturated carbocycles. The summed E-state index contributed by atoms with van der Waals surface area (Å²) < 4.78 is 0. The van der Waals surface area contributed by atoms with Gasteiger partial charge in [-0.1, -0.05) is 31.5 Å². The van der Waals surface area contributed by atoms with E-state index >= 15 is 0 Å². The Balaban J connectivity index is 1.81. The first-order chi connectivity index (χ1) is 9.31. The average Bonchev–Trinajstić information content (AvgIpc) is 2.46. The van der Waals surface area contributed by atoms with Gasteiger partial charge in [0.15, 0.2) is 0 Å². The minimum atomic E-state index is 0.256. The number of phenolic OH excluding ortho intramolecular Hbond substituents is 1. The van der Waals surface area contributed by atoms with E-state index in [1.807, 2.05) is 18.2 Å². The van der Waals surface area contributed by atoms with Crippen molar-refractivity contribution in [1.82, 2.24) is 10.2 Å². The average molecular weight is 262 g/mol. The van der Waals surface area contributed by atoms with Crippen molar-refractivity contribution in [2.24, 2.45) is 0 Å². The highest BCUT2D eigenvalue weighted by atomic mass is 16.3. The molecule has 0 aliphatic carbocycles. The second-order valence-electron chi connectivity index (χ2n) is 5.38. The van der Waals surface area contributed by atoms with Gasteiger partial charge < -0.3 is 15.3 Å². The Kier molecular flexibility index (Phi) is 5.67. The van der Waals surface area contributed by atoms with Gasteiger partial charge in [-0.05, 0) is 38.4 Å². The molecule has 0 bridgehead atoms. The molecule has 1 aliphatic heterocycles. The molecular weight excluding hydrogens is 236 g/mol. The summed E-state index contributed by atoms with van der Waals surface area (Å²) in [5.41, 5.74) is 1.02. The van der Waals surface area contributed by atoms with Crippen LogP contribution in [0.2, 0.25) is 0 Å². The third-order valence-electron chi connectivity index (χ3n) is 3.99. The standard InChI is InChI=1S/C16H26N2O/c1-2-15(14-8-4-5-9-16(14)19)17-10-13-18-11-6-3-7-12-18/h4-5,8-9,15,17,19H,2-3,6-7,10-13H2,1H3. The molecule has 1 heterocycles. The highest BCUT2D eigenvalue weighted by molar-refractivity contribution is 5.34. The SMILES string of the molecule is CCC(NCCN1CCCCC1)c1ccccc1O. The zero-order chi connectivity index (χ0) is 13.5. The number of hydrogen-bond donors (Lipinski definition) is 2. The van der Waals surface area contributed by atoms with Crippen molar-refractivity contribution >= 4 is 0 Å². The lowest BCUT2D eigenvalue weighted by atomic mass is 10.0. The minimum absolute atomic E-state index is 0.256. The van der Waals surface area contributed by atoms with Crippen LogP contribution in [0.3, 0.4) is 0 Å². The molecular formula is C16H26N2O. The van der Waals surface area contributed by atoms with Crippen LogP contribution in [-0.4, -0.2) is 36.2 Å². The van der Waals surface area contributed by atoms with Crippen molar-refractivity contribution < 1.29 is 5.11 Å². The summed E-state index contributed by atoms with van der Waals surface area (Å²) in [5.74, 6) is 0.403. The van der Waals surface area contributed by atoms with Gasteiger partial charge in [-0.3, -0.25) is 0 Å². The van der Waals surface area contributed by atoms with Gasteiger partial charge in [-0.2, -0.15) is 0 Å². The molecule has 2 rings (SSSR count). The first kappa shape index (κ1) is 14.4. The number of hydrogen-bond acceptors (Lipinski definition) is 3. The Morgan fingerprint density at radius 2 is 1.95 bits per heavy atom. The number of piperidine rings is 1. The van der Waals surface area contributed by atoms with Crippen molar-refractivity contribution in [3.05, 3.63) is 29.8 Å². The number of rotatable bonds is 6. The summed E-state index contributed by atoms with van der Waals surface area (Å²) in [4.78, 5) is 2.54. The second kappa shape index (κ2) is 7.51. The van der Waals surface area contributed by atoms with Crippen LogP contribution >= 0.6 is 0 Å². The molecule has 106 valence electrons. The van der Waals surface area contributed by atoms with Crippen LogP contribution in [0.1, 0.15) is 44.2 Å². The number of aromatic hydroxyl groups is 1. The maximum Gasteiger partial charge on any atom is 0.120 e. The molecule has 19 heavy (non-hydrogen) atoms. The molecule has 1 atom stereocenters. The molecule has 0 amide bonds. The number of likely N-dealkylation sites (tertiary alicyclic amines) is 1. The topological polar surface area (TPSA) is 35.5 Å². The third kappa shape index (κ3) is 4.22. The van der Waals surface area contributed by atoms with Crippen molar-refractivity contribution in [2.45, 2.75) is 38.6 Å². The quantitative estimate of drug-likeness (QED) is 0.827. The van der Waals surface area contributed by atoms with Crippen molar-refractivity contribution in [3.63, 3.8) is 0 Å². The number of para-hydroxylation sites is 1. The lowest BCUT2D eigenvalue weighted by molar-refractivity contribution is 0.225. The van der Waals surface area contributed by atoms with Gasteiger partial charge in [0.1, 0.15) is 5.75 Å². The summed E-state index contributed by atoms with van der Waals surface area (Å²) in [5, 5.41) is 13.5. The molecule has 0 aromatic heterocycles. The number of nitrogens with zero attached hydrogens (tertiary/aromatic N) is 1. The van der Waals surface area contributed by atoms with Gasteiger partial charge in [0, 0.05) is 24.7 Å². The van der Waals surface area contributed by atoms with Crippen molar-refractivity contribution in [1.29, 1.82) is 0 Å². The number of benzene rings is 1. The van der Waals surface area contributed by atoms with E-state index in [1.54, 1.807) is 6.07 Å². The summed E-state index contributed by atoms with van der Waals surface area (Å²) in [6.45, 7) is 6.76. The zero-order valence-corrected chi connectivity index (χ0v) is 11.9. The van der Waals surface area contributed by atoms with Gasteiger partial charge in [0.05, 0.1) is 0 Å². The monoisotopic (exact) mass is 262 g/mol. The summed E-state index contributed by atoms with van der Waals surface area (Å²) in [6.07, 6.45) is 5.07. The molecule has 1 saturated heterocycles. The van der Waals surface area contributed by atoms with E-state index in [-0.39, 0.29) is 6.04 Å². The minimum Gasteiger partial charge on any atom is -0.508 e. The van der Waals surface area contributed by atoms with Gasteiger partial charge in [0.2, 0.25) is 0 Å². The smallest absolute Gasteiger partial charge is 0.120 e. The summed E-state index contributed by atoms with van der Waals surface area (Å²) in [6, 6.07) is 7.90. The van der Waals surface area contributed by atoms with Crippen molar-refractivity contribution in [2.75, 3.05) is 26.2 Å². The lowest BCUT2D eigenvalue weighted by Gasteiger charge is -2.27. The lowest BCUT2D eigenvalue weighted by Crippen LogP contribution is -2.36. The molecule has 3 heteroatoms. The van der Waals surface area contributed by atoms with Gasteiger partial charge in [-0.25, -0.2) is 0 Å². The van der Waals surface area contributed by atoms with Gasteiger partial charge >= 0.3 is 0 Å². The first-order valence-corrected chi connectivity index (χ1v) is 7.55. The van der Waals surface area contributed by atoms with E-state index in [9.17, 15) is 5.11 Å². The maximum atomic E-state index is 9.91. The molecule has 2 N–H and O–H groups in total. The van der Waals surface area contributed by atoms with E-state index in [2.05, 4.69) is 17.1 Å².